The number of hydrogen-bond donors (Lipinski definition) is 0. The zero-order valence-corrected chi connectivity index (χ0v) is 58.4. The molecular weight excluding hydrogens is 1150 g/mol. The monoisotopic (exact) mass is 1220 g/mol. The molecule has 20 nitrogen and oxygen atoms in total. The Morgan fingerprint density at radius 1 is 0.265 bits per heavy atom. The Kier molecular flexibility index (Phi) is 23.0. The van der Waals surface area contributed by atoms with Gasteiger partial charge in [-0.2, -0.15) is 0 Å². The van der Waals surface area contributed by atoms with Gasteiger partial charge in [0.15, 0.2) is 0 Å². The highest BCUT2D eigenvalue weighted by Gasteiger charge is 2.70. The van der Waals surface area contributed by atoms with Crippen molar-refractivity contribution in [3.05, 3.63) is 98.2 Å². The van der Waals surface area contributed by atoms with Gasteiger partial charge in [-0.1, -0.05) is 45.6 Å². The third-order valence-corrected chi connectivity index (χ3v) is 54.7. The number of rotatable bonds is 24. The summed E-state index contributed by atoms with van der Waals surface area (Å²) in [5.41, 5.74) is 11.9. The Hall–Kier alpha value is -1.33. The van der Waals surface area contributed by atoms with Crippen molar-refractivity contribution in [2.24, 2.45) is 0 Å². The molecule has 1 saturated heterocycles. The summed E-state index contributed by atoms with van der Waals surface area (Å²) < 4.78 is 162. The molecule has 1 heterocycles. The third-order valence-electron chi connectivity index (χ3n) is 8.70. The molecule has 0 spiro atoms. The van der Waals surface area contributed by atoms with Crippen LogP contribution in [0.3, 0.4) is 0 Å². The molecule has 0 saturated carbocycles. The second-order valence-electron chi connectivity index (χ2n) is 19.1. The van der Waals surface area contributed by atoms with Crippen molar-refractivity contribution in [1.29, 1.82) is 0 Å². The Balaban J connectivity index is 4.86. The Labute approximate surface area is 423 Å². The first-order valence-electron chi connectivity index (χ1n) is 20.9. The topological polar surface area (TPSA) is 216 Å². The van der Waals surface area contributed by atoms with Gasteiger partial charge >= 0.3 is 72.9 Å². The lowest BCUT2D eigenvalue weighted by molar-refractivity contribution is 0.0673. The van der Waals surface area contributed by atoms with Gasteiger partial charge in [-0.15, -0.1) is 52.6 Å². The first-order chi connectivity index (χ1) is 30.5. The maximum absolute atomic E-state index is 15.0. The smallest absolute Gasteiger partial charge is 0.481 e. The van der Waals surface area contributed by atoms with Crippen LogP contribution in [-0.2, 0) is 83.7 Å². The van der Waals surface area contributed by atoms with Crippen molar-refractivity contribution in [2.45, 2.75) is 105 Å². The first-order valence-corrected chi connectivity index (χ1v) is 56.2. The minimum Gasteiger partial charge on any atom is -0.481 e. The highest BCUT2D eigenvalue weighted by atomic mass is 28.6. The molecule has 1 aliphatic heterocycles. The highest BCUT2D eigenvalue weighted by molar-refractivity contribution is 6.94. The SMILES string of the molecule is C=C[Si](C)(C)O[Si]1(O[Si](C)(C)C=C)O[Si](=O)O[Si](O[Si](C)(C)C=C)(O[Si](C)(C)C=C)O[Si](=O)O[Si](O[Si](C)(C)C=C)(O[Si](C)(C)C=C)O[Si](=O)O[Si](O[Si](C)(C)C=C)(O[Si](C)(C)C=C)O[Si](=O)O1. The summed E-state index contributed by atoms with van der Waals surface area (Å²) >= 11 is 0. The van der Waals surface area contributed by atoms with Crippen molar-refractivity contribution in [2.75, 3.05) is 0 Å². The number of hydrogen-bond acceptors (Lipinski definition) is 20. The highest BCUT2D eigenvalue weighted by Crippen LogP contribution is 2.33. The fraction of sp³-hybridized carbons (Fsp3) is 0.500. The van der Waals surface area contributed by atoms with E-state index in [1.54, 1.807) is 105 Å². The van der Waals surface area contributed by atoms with Gasteiger partial charge in [-0.3, -0.25) is 17.8 Å². The van der Waals surface area contributed by atoms with Gasteiger partial charge in [0.1, 0.15) is 0 Å². The summed E-state index contributed by atoms with van der Waals surface area (Å²) in [7, 11) is -63.8. The Morgan fingerprint density at radius 2 is 0.353 bits per heavy atom. The minimum atomic E-state index is -5.23. The molecule has 0 aromatic rings. The molecule has 0 unspecified atom stereocenters. The van der Waals surface area contributed by atoms with Crippen LogP contribution in [0.25, 0.3) is 0 Å². The molecule has 0 bridgehead atoms. The van der Waals surface area contributed by atoms with Gasteiger partial charge in [0, 0.05) is 0 Å². The fourth-order valence-corrected chi connectivity index (χ4v) is 49.3. The maximum atomic E-state index is 15.0. The van der Waals surface area contributed by atoms with E-state index in [9.17, 15) is 17.8 Å². The molecule has 1 fully saturated rings. The second-order valence-corrected chi connectivity index (χ2v) is 67.1. The molecule has 0 aromatic carbocycles. The van der Waals surface area contributed by atoms with E-state index in [0.29, 0.717) is 0 Å². The van der Waals surface area contributed by atoms with Gasteiger partial charge < -0.3 is 65.8 Å². The summed E-state index contributed by atoms with van der Waals surface area (Å²) in [6.45, 7) is 58.1. The van der Waals surface area contributed by atoms with E-state index in [4.69, 9.17) is 65.8 Å². The van der Waals surface area contributed by atoms with E-state index in [2.05, 4.69) is 52.6 Å². The van der Waals surface area contributed by atoms with Crippen molar-refractivity contribution in [3.8, 4) is 0 Å². The van der Waals surface area contributed by atoms with Crippen LogP contribution in [0.4, 0.5) is 0 Å². The lowest BCUT2D eigenvalue weighted by atomic mass is 11.3. The summed E-state index contributed by atoms with van der Waals surface area (Å²) in [5, 5.41) is 0. The summed E-state index contributed by atoms with van der Waals surface area (Å²) in [6, 6.07) is 0. The zero-order chi connectivity index (χ0) is 53.3. The predicted octanol–water partition coefficient (Wildman–Crippen LogP) is 7.11. The molecule has 0 amide bonds. The van der Waals surface area contributed by atoms with Crippen LogP contribution >= 0.6 is 0 Å². The van der Waals surface area contributed by atoms with E-state index < -0.39 is 139 Å². The largest absolute Gasteiger partial charge is 0.778 e. The van der Waals surface area contributed by atoms with E-state index >= 15 is 0 Å². The lowest BCUT2D eigenvalue weighted by Crippen LogP contribution is -2.68. The molecule has 384 valence electrons. The van der Waals surface area contributed by atoms with E-state index in [0.717, 1.165) is 0 Å². The molecule has 1 aliphatic rings. The van der Waals surface area contributed by atoms with E-state index in [-0.39, 0.29) is 0 Å². The van der Waals surface area contributed by atoms with Crippen LogP contribution in [0.15, 0.2) is 98.2 Å². The van der Waals surface area contributed by atoms with Crippen molar-refractivity contribution in [1.82, 2.24) is 0 Å². The lowest BCUT2D eigenvalue weighted by Gasteiger charge is -2.40. The fourth-order valence-electron chi connectivity index (χ4n) is 4.31. The van der Waals surface area contributed by atoms with Crippen molar-refractivity contribution >= 4 is 139 Å². The first kappa shape index (κ1) is 64.7. The van der Waals surface area contributed by atoms with Crippen molar-refractivity contribution in [3.63, 3.8) is 0 Å². The molecule has 68 heavy (non-hydrogen) atoms. The van der Waals surface area contributed by atoms with Gasteiger partial charge in [-0.05, 0) is 105 Å². The summed E-state index contributed by atoms with van der Waals surface area (Å²) in [4.78, 5) is 0. The van der Waals surface area contributed by atoms with E-state index in [1.165, 1.54) is 45.6 Å². The molecule has 0 atom stereocenters. The molecule has 0 radical (unpaired) electrons. The zero-order valence-electron chi connectivity index (χ0n) is 42.4. The van der Waals surface area contributed by atoms with Crippen LogP contribution in [0.5, 0.6) is 0 Å². The van der Waals surface area contributed by atoms with Crippen LogP contribution in [0.1, 0.15) is 0 Å². The average Bonchev–Trinajstić information content (AvgIpc) is 3.15. The van der Waals surface area contributed by atoms with Gasteiger partial charge in [0.05, 0.1) is 0 Å². The predicted molar refractivity (Wildman–Crippen MR) is 288 cm³/mol. The average molecular weight is 1230 g/mol. The summed E-state index contributed by atoms with van der Waals surface area (Å²) in [6.07, 6.45) is 0. The molecule has 36 heteroatoms. The quantitative estimate of drug-likeness (QED) is 0.0880. The minimum absolute atomic E-state index is 1.49. The van der Waals surface area contributed by atoms with Crippen LogP contribution in [-0.4, -0.2) is 139 Å². The normalized spacial score (nSPS) is 18.7. The standard InChI is InChI=1S/C32H72O20Si16/c1-25-57(9,10)45-65(46-58(11,12)26-2)37-53(33)39-66(47-59(13,14)27-3,48-60(15,16)28-4)41-55(35)43-68(51-63(21,22)31-7,52-64(23,24)32-8)44-56(36)42-67(40-54(34)38-65,49-61(17,18)29-5)50-62(19,20)30-6/h25-32H,1-8H2,9-24H3. The molecule has 0 N–H and O–H groups in total. The van der Waals surface area contributed by atoms with E-state index in [1.807, 2.05) is 0 Å². The maximum Gasteiger partial charge on any atom is 0.778 e. The Morgan fingerprint density at radius 3 is 0.426 bits per heavy atom. The summed E-state index contributed by atoms with van der Waals surface area (Å²) in [5.74, 6) is 0. The molecule has 0 aliphatic carbocycles. The van der Waals surface area contributed by atoms with Crippen LogP contribution in [0, 0.1) is 0 Å². The van der Waals surface area contributed by atoms with Crippen molar-refractivity contribution < 1.29 is 83.7 Å². The second kappa shape index (κ2) is 24.1. The third kappa shape index (κ3) is 21.4. The van der Waals surface area contributed by atoms with Gasteiger partial charge in [0.25, 0.3) is 0 Å². The van der Waals surface area contributed by atoms with Gasteiger partial charge in [0.2, 0.25) is 66.5 Å². The van der Waals surface area contributed by atoms with Gasteiger partial charge in [-0.25, -0.2) is 0 Å². The van der Waals surface area contributed by atoms with Crippen LogP contribution < -0.4 is 0 Å². The van der Waals surface area contributed by atoms with Crippen LogP contribution in [0.2, 0.25) is 105 Å². The molecule has 0 aromatic heterocycles. The Bertz CT molecular complexity index is 1560. The molecule has 1 rings (SSSR count). The molecular formula is C32H72O20Si16.